The van der Waals surface area contributed by atoms with E-state index in [0.717, 1.165) is 33.7 Å². The van der Waals surface area contributed by atoms with Gasteiger partial charge in [-0.15, -0.1) is 0 Å². The van der Waals surface area contributed by atoms with Crippen LogP contribution in [0, 0.1) is 3.57 Å². The summed E-state index contributed by atoms with van der Waals surface area (Å²) in [5.41, 5.74) is 1.68. The van der Waals surface area contributed by atoms with Crippen LogP contribution < -0.4 is 5.32 Å². The van der Waals surface area contributed by atoms with Crippen molar-refractivity contribution >= 4 is 34.1 Å². The molecule has 0 atom stereocenters. The third-order valence-corrected chi connectivity index (χ3v) is 3.67. The van der Waals surface area contributed by atoms with Crippen LogP contribution in [0.3, 0.4) is 0 Å². The standard InChI is InChI=1S/C14H14IN5/c1-2-6-16-13-10(15)8-17-14(19-13)11-9-20-7-4-3-5-12(20)18-11/h3-5,7-9H,2,6H2,1H3,(H,16,17,19). The van der Waals surface area contributed by atoms with Gasteiger partial charge in [-0.3, -0.25) is 0 Å². The number of fused-ring (bicyclic) bond motifs is 1. The number of nitrogens with one attached hydrogen (secondary N) is 1. The van der Waals surface area contributed by atoms with Gasteiger partial charge in [-0.05, 0) is 41.1 Å². The minimum atomic E-state index is 0.646. The molecule has 102 valence electrons. The second-order valence-corrected chi connectivity index (χ2v) is 5.57. The molecule has 0 spiro atoms. The summed E-state index contributed by atoms with van der Waals surface area (Å²) in [5, 5.41) is 3.31. The predicted octanol–water partition coefficient (Wildman–Crippen LogP) is 3.22. The van der Waals surface area contributed by atoms with Gasteiger partial charge in [0.2, 0.25) is 0 Å². The summed E-state index contributed by atoms with van der Waals surface area (Å²) in [5.74, 6) is 1.52. The molecule has 0 amide bonds. The summed E-state index contributed by atoms with van der Waals surface area (Å²) >= 11 is 2.24. The first kappa shape index (κ1) is 13.3. The molecule has 1 N–H and O–H groups in total. The normalized spacial score (nSPS) is 10.9. The molecule has 20 heavy (non-hydrogen) atoms. The molecule has 3 heterocycles. The van der Waals surface area contributed by atoms with Crippen molar-refractivity contribution in [2.75, 3.05) is 11.9 Å². The molecule has 3 rings (SSSR count). The Hall–Kier alpha value is -1.70. The van der Waals surface area contributed by atoms with Gasteiger partial charge in [0.15, 0.2) is 5.82 Å². The molecular formula is C14H14IN5. The summed E-state index contributed by atoms with van der Waals surface area (Å²) in [4.78, 5) is 13.5. The Balaban J connectivity index is 2.00. The highest BCUT2D eigenvalue weighted by Gasteiger charge is 2.10. The number of hydrogen-bond acceptors (Lipinski definition) is 4. The molecular weight excluding hydrogens is 365 g/mol. The van der Waals surface area contributed by atoms with E-state index in [-0.39, 0.29) is 0 Å². The largest absolute Gasteiger partial charge is 0.369 e. The number of anilines is 1. The summed E-state index contributed by atoms with van der Waals surface area (Å²) < 4.78 is 2.99. The number of aromatic nitrogens is 4. The second kappa shape index (κ2) is 5.74. The van der Waals surface area contributed by atoms with Gasteiger partial charge in [0.05, 0.1) is 3.57 Å². The van der Waals surface area contributed by atoms with E-state index in [9.17, 15) is 0 Å². The maximum atomic E-state index is 4.57. The second-order valence-electron chi connectivity index (χ2n) is 4.41. The number of rotatable bonds is 4. The first-order valence-electron chi connectivity index (χ1n) is 6.48. The third kappa shape index (κ3) is 2.60. The van der Waals surface area contributed by atoms with Gasteiger partial charge < -0.3 is 9.72 Å². The van der Waals surface area contributed by atoms with Crippen molar-refractivity contribution in [2.45, 2.75) is 13.3 Å². The number of nitrogens with zero attached hydrogens (tertiary/aromatic N) is 4. The van der Waals surface area contributed by atoms with Crippen LogP contribution in [0.4, 0.5) is 5.82 Å². The van der Waals surface area contributed by atoms with E-state index < -0.39 is 0 Å². The van der Waals surface area contributed by atoms with Crippen molar-refractivity contribution in [2.24, 2.45) is 0 Å². The molecule has 0 fully saturated rings. The van der Waals surface area contributed by atoms with Crippen molar-refractivity contribution < 1.29 is 0 Å². The zero-order valence-corrected chi connectivity index (χ0v) is 13.2. The van der Waals surface area contributed by atoms with E-state index >= 15 is 0 Å². The molecule has 0 unspecified atom stereocenters. The number of pyridine rings is 1. The van der Waals surface area contributed by atoms with E-state index in [1.54, 1.807) is 0 Å². The van der Waals surface area contributed by atoms with Gasteiger partial charge in [0.25, 0.3) is 0 Å². The fourth-order valence-electron chi connectivity index (χ4n) is 1.90. The van der Waals surface area contributed by atoms with Crippen LogP contribution in [-0.2, 0) is 0 Å². The summed E-state index contributed by atoms with van der Waals surface area (Å²) in [6.07, 6.45) is 6.80. The average Bonchev–Trinajstić information content (AvgIpc) is 2.90. The molecule has 3 aromatic rings. The molecule has 0 aliphatic rings. The quantitative estimate of drug-likeness (QED) is 0.708. The van der Waals surface area contributed by atoms with Crippen molar-refractivity contribution in [3.63, 3.8) is 0 Å². The van der Waals surface area contributed by atoms with Gasteiger partial charge in [-0.2, -0.15) is 0 Å². The molecule has 0 saturated heterocycles. The molecule has 3 aromatic heterocycles. The lowest BCUT2D eigenvalue weighted by molar-refractivity contribution is 0.962. The van der Waals surface area contributed by atoms with Crippen LogP contribution in [0.25, 0.3) is 17.2 Å². The van der Waals surface area contributed by atoms with Crippen molar-refractivity contribution in [1.29, 1.82) is 0 Å². The highest BCUT2D eigenvalue weighted by Crippen LogP contribution is 2.20. The van der Waals surface area contributed by atoms with Crippen molar-refractivity contribution in [1.82, 2.24) is 19.4 Å². The lowest BCUT2D eigenvalue weighted by Crippen LogP contribution is -2.05. The maximum absolute atomic E-state index is 4.57. The van der Waals surface area contributed by atoms with Crippen LogP contribution in [-0.4, -0.2) is 25.9 Å². The molecule has 0 aliphatic heterocycles. The highest BCUT2D eigenvalue weighted by atomic mass is 127. The van der Waals surface area contributed by atoms with E-state index in [4.69, 9.17) is 0 Å². The Bertz CT molecular complexity index is 704. The van der Waals surface area contributed by atoms with E-state index in [1.807, 2.05) is 41.2 Å². The monoisotopic (exact) mass is 379 g/mol. The Morgan fingerprint density at radius 2 is 2.20 bits per heavy atom. The molecule has 0 aliphatic carbocycles. The number of imidazole rings is 1. The SMILES string of the molecule is CCCNc1nc(-c2cn3ccccc3n2)ncc1I. The fraction of sp³-hybridized carbons (Fsp3) is 0.214. The summed E-state index contributed by atoms with van der Waals surface area (Å²) in [6.45, 7) is 3.03. The van der Waals surface area contributed by atoms with Crippen LogP contribution in [0.2, 0.25) is 0 Å². The van der Waals surface area contributed by atoms with Crippen molar-refractivity contribution in [3.8, 4) is 11.5 Å². The average molecular weight is 379 g/mol. The summed E-state index contributed by atoms with van der Waals surface area (Å²) in [7, 11) is 0. The topological polar surface area (TPSA) is 55.1 Å². The van der Waals surface area contributed by atoms with E-state index in [0.29, 0.717) is 5.82 Å². The van der Waals surface area contributed by atoms with Crippen LogP contribution >= 0.6 is 22.6 Å². The van der Waals surface area contributed by atoms with Crippen molar-refractivity contribution in [3.05, 3.63) is 40.4 Å². The Labute approximate surface area is 130 Å². The molecule has 5 nitrogen and oxygen atoms in total. The lowest BCUT2D eigenvalue weighted by atomic mass is 10.4. The minimum Gasteiger partial charge on any atom is -0.369 e. The predicted molar refractivity (Wildman–Crippen MR) is 87.7 cm³/mol. The van der Waals surface area contributed by atoms with Crippen LogP contribution in [0.1, 0.15) is 13.3 Å². The Morgan fingerprint density at radius 1 is 1.30 bits per heavy atom. The Morgan fingerprint density at radius 3 is 3.00 bits per heavy atom. The van der Waals surface area contributed by atoms with E-state index in [2.05, 4.69) is 49.8 Å². The first-order valence-corrected chi connectivity index (χ1v) is 7.56. The molecule has 0 aromatic carbocycles. The smallest absolute Gasteiger partial charge is 0.181 e. The number of hydrogen-bond donors (Lipinski definition) is 1. The van der Waals surface area contributed by atoms with Gasteiger partial charge >= 0.3 is 0 Å². The Kier molecular flexibility index (Phi) is 3.81. The fourth-order valence-corrected chi connectivity index (χ4v) is 2.35. The molecule has 0 radical (unpaired) electrons. The molecule has 0 bridgehead atoms. The molecule has 6 heteroatoms. The lowest BCUT2D eigenvalue weighted by Gasteiger charge is -2.06. The number of halogens is 1. The van der Waals surface area contributed by atoms with Gasteiger partial charge in [0, 0.05) is 25.1 Å². The minimum absolute atomic E-state index is 0.646. The first-order chi connectivity index (χ1) is 9.78. The van der Waals surface area contributed by atoms with Crippen LogP contribution in [0.15, 0.2) is 36.8 Å². The van der Waals surface area contributed by atoms with Gasteiger partial charge in [-0.25, -0.2) is 15.0 Å². The van der Waals surface area contributed by atoms with Crippen LogP contribution in [0.5, 0.6) is 0 Å². The zero-order valence-electron chi connectivity index (χ0n) is 11.0. The van der Waals surface area contributed by atoms with Gasteiger partial charge in [0.1, 0.15) is 17.2 Å². The summed E-state index contributed by atoms with van der Waals surface area (Å²) in [6, 6.07) is 5.91. The van der Waals surface area contributed by atoms with E-state index in [1.165, 1.54) is 0 Å². The highest BCUT2D eigenvalue weighted by molar-refractivity contribution is 14.1. The van der Waals surface area contributed by atoms with Gasteiger partial charge in [-0.1, -0.05) is 13.0 Å². The third-order valence-electron chi connectivity index (χ3n) is 2.88. The maximum Gasteiger partial charge on any atom is 0.181 e. The zero-order chi connectivity index (χ0) is 13.9. The molecule has 0 saturated carbocycles.